The molecule has 0 aliphatic carbocycles. The van der Waals surface area contributed by atoms with Gasteiger partial charge in [-0.2, -0.15) is 10.6 Å². The molecule has 1 N–H and O–H groups in total. The molecular formula is C9H15F2N3O2. The van der Waals surface area contributed by atoms with Crippen LogP contribution in [0.5, 0.6) is 5.88 Å². The highest BCUT2D eigenvalue weighted by Gasteiger charge is 2.15. The van der Waals surface area contributed by atoms with E-state index in [0.29, 0.717) is 12.5 Å². The largest absolute Gasteiger partial charge is 0.476 e. The molecule has 0 amide bonds. The fourth-order valence-electron chi connectivity index (χ4n) is 1.16. The van der Waals surface area contributed by atoms with Gasteiger partial charge in [-0.3, -0.25) is 0 Å². The second kappa shape index (κ2) is 5.76. The summed E-state index contributed by atoms with van der Waals surface area (Å²) in [5, 5.41) is 3.62. The fraction of sp³-hybridized carbons (Fsp3) is 0.667. The molecular weight excluding hydrogens is 220 g/mol. The lowest BCUT2D eigenvalue weighted by molar-refractivity contribution is 0.0489. The molecule has 0 aliphatic rings. The molecule has 0 aromatic carbocycles. The molecule has 0 bridgehead atoms. The van der Waals surface area contributed by atoms with Gasteiger partial charge in [-0.15, -0.1) is 0 Å². The van der Waals surface area contributed by atoms with Crippen molar-refractivity contribution in [2.45, 2.75) is 19.4 Å². The van der Waals surface area contributed by atoms with Gasteiger partial charge in [0.15, 0.2) is 0 Å². The first-order chi connectivity index (χ1) is 7.54. The third-order valence-corrected chi connectivity index (χ3v) is 1.88. The van der Waals surface area contributed by atoms with E-state index < -0.39 is 6.43 Å². The molecule has 1 unspecified atom stereocenters. The Morgan fingerprint density at radius 3 is 2.75 bits per heavy atom. The number of nitrogens with zero attached hydrogens (tertiary/aromatic N) is 2. The Kier molecular flexibility index (Phi) is 4.63. The lowest BCUT2D eigenvalue weighted by Gasteiger charge is -2.12. The number of rotatable bonds is 6. The molecule has 0 fully saturated rings. The lowest BCUT2D eigenvalue weighted by atomic mass is 10.4. The SMILES string of the molecule is CONC(C)COc1cc(C(F)F)nn1C. The zero-order chi connectivity index (χ0) is 12.1. The standard InChI is InChI=1S/C9H15F2N3O2/c1-6(13-15-3)5-16-8-4-7(9(10)11)12-14(8)2/h4,6,9,13H,5H2,1-3H3. The van der Waals surface area contributed by atoms with E-state index in [1.165, 1.54) is 17.9 Å². The molecule has 1 atom stereocenters. The highest BCUT2D eigenvalue weighted by molar-refractivity contribution is 5.16. The summed E-state index contributed by atoms with van der Waals surface area (Å²) in [6.07, 6.45) is -2.59. The predicted molar refractivity (Wildman–Crippen MR) is 53.3 cm³/mol. The van der Waals surface area contributed by atoms with E-state index in [2.05, 4.69) is 10.6 Å². The first kappa shape index (κ1) is 12.9. The van der Waals surface area contributed by atoms with Crippen molar-refractivity contribution in [1.29, 1.82) is 0 Å². The van der Waals surface area contributed by atoms with E-state index in [-0.39, 0.29) is 11.7 Å². The fourth-order valence-corrected chi connectivity index (χ4v) is 1.16. The summed E-state index contributed by atoms with van der Waals surface area (Å²) in [5.41, 5.74) is 2.37. The lowest BCUT2D eigenvalue weighted by Crippen LogP contribution is -2.31. The zero-order valence-corrected chi connectivity index (χ0v) is 9.41. The van der Waals surface area contributed by atoms with Crippen LogP contribution in [0.2, 0.25) is 0 Å². The second-order valence-corrected chi connectivity index (χ2v) is 3.37. The van der Waals surface area contributed by atoms with Gasteiger partial charge < -0.3 is 9.57 Å². The molecule has 0 saturated heterocycles. The van der Waals surface area contributed by atoms with Crippen LogP contribution in [0, 0.1) is 0 Å². The summed E-state index contributed by atoms with van der Waals surface area (Å²) in [5.74, 6) is 0.306. The summed E-state index contributed by atoms with van der Waals surface area (Å²) in [6.45, 7) is 2.14. The number of ether oxygens (including phenoxy) is 1. The normalized spacial score (nSPS) is 13.1. The van der Waals surface area contributed by atoms with Gasteiger partial charge in [-0.25, -0.2) is 13.5 Å². The zero-order valence-electron chi connectivity index (χ0n) is 9.41. The van der Waals surface area contributed by atoms with Crippen LogP contribution in [0.25, 0.3) is 0 Å². The Morgan fingerprint density at radius 1 is 1.56 bits per heavy atom. The molecule has 5 nitrogen and oxygen atoms in total. The van der Waals surface area contributed by atoms with E-state index in [1.54, 1.807) is 7.05 Å². The minimum Gasteiger partial charge on any atom is -0.476 e. The van der Waals surface area contributed by atoms with Crippen molar-refractivity contribution < 1.29 is 18.4 Å². The minimum absolute atomic E-state index is 0.0464. The monoisotopic (exact) mass is 235 g/mol. The third-order valence-electron chi connectivity index (χ3n) is 1.88. The van der Waals surface area contributed by atoms with E-state index in [0.717, 1.165) is 0 Å². The van der Waals surface area contributed by atoms with Crippen molar-refractivity contribution in [3.05, 3.63) is 11.8 Å². The van der Waals surface area contributed by atoms with Crippen LogP contribution in [0.4, 0.5) is 8.78 Å². The molecule has 1 aromatic heterocycles. The number of halogens is 2. The molecule has 1 rings (SSSR count). The van der Waals surface area contributed by atoms with Gasteiger partial charge >= 0.3 is 0 Å². The molecule has 0 radical (unpaired) electrons. The van der Waals surface area contributed by atoms with Crippen LogP contribution in [-0.2, 0) is 11.9 Å². The summed E-state index contributed by atoms with van der Waals surface area (Å²) < 4.78 is 31.2. The van der Waals surface area contributed by atoms with E-state index in [1.807, 2.05) is 6.92 Å². The van der Waals surface area contributed by atoms with Gasteiger partial charge in [0.25, 0.3) is 6.43 Å². The molecule has 0 spiro atoms. The number of hydroxylamine groups is 1. The summed E-state index contributed by atoms with van der Waals surface area (Å²) in [4.78, 5) is 4.69. The summed E-state index contributed by atoms with van der Waals surface area (Å²) >= 11 is 0. The summed E-state index contributed by atoms with van der Waals surface area (Å²) in [7, 11) is 3.05. The van der Waals surface area contributed by atoms with Crippen LogP contribution in [0.15, 0.2) is 6.07 Å². The van der Waals surface area contributed by atoms with E-state index in [4.69, 9.17) is 9.57 Å². The maximum atomic E-state index is 12.3. The van der Waals surface area contributed by atoms with E-state index in [9.17, 15) is 8.78 Å². The van der Waals surface area contributed by atoms with Gasteiger partial charge in [0.05, 0.1) is 13.2 Å². The Bertz CT molecular complexity index is 331. The molecule has 1 heterocycles. The molecule has 7 heteroatoms. The number of aromatic nitrogens is 2. The average Bonchev–Trinajstić information content (AvgIpc) is 2.58. The van der Waals surface area contributed by atoms with Crippen molar-refractivity contribution in [2.24, 2.45) is 7.05 Å². The predicted octanol–water partition coefficient (Wildman–Crippen LogP) is 1.28. The Hall–Kier alpha value is -1.21. The maximum absolute atomic E-state index is 12.3. The van der Waals surface area contributed by atoms with Crippen molar-refractivity contribution in [3.8, 4) is 5.88 Å². The number of hydrogen-bond donors (Lipinski definition) is 1. The Morgan fingerprint density at radius 2 is 2.25 bits per heavy atom. The second-order valence-electron chi connectivity index (χ2n) is 3.37. The molecule has 16 heavy (non-hydrogen) atoms. The third kappa shape index (κ3) is 3.42. The minimum atomic E-state index is -2.59. The van der Waals surface area contributed by atoms with Crippen molar-refractivity contribution in [3.63, 3.8) is 0 Å². The number of alkyl halides is 2. The Labute approximate surface area is 92.3 Å². The van der Waals surface area contributed by atoms with Gasteiger partial charge in [0.1, 0.15) is 12.3 Å². The molecule has 0 saturated carbocycles. The number of aryl methyl sites for hydroxylation is 1. The molecule has 1 aromatic rings. The Balaban J connectivity index is 2.53. The number of nitrogens with one attached hydrogen (secondary N) is 1. The van der Waals surface area contributed by atoms with Gasteiger partial charge in [-0.05, 0) is 6.92 Å². The average molecular weight is 235 g/mol. The topological polar surface area (TPSA) is 48.3 Å². The van der Waals surface area contributed by atoms with Crippen LogP contribution in [-0.4, -0.2) is 29.5 Å². The first-order valence-electron chi connectivity index (χ1n) is 4.78. The van der Waals surface area contributed by atoms with Crippen molar-refractivity contribution >= 4 is 0 Å². The van der Waals surface area contributed by atoms with Gasteiger partial charge in [0, 0.05) is 13.1 Å². The summed E-state index contributed by atoms with van der Waals surface area (Å²) in [6, 6.07) is 1.18. The quantitative estimate of drug-likeness (QED) is 0.754. The molecule has 92 valence electrons. The molecule has 0 aliphatic heterocycles. The van der Waals surface area contributed by atoms with Crippen LogP contribution in [0.3, 0.4) is 0 Å². The van der Waals surface area contributed by atoms with Crippen LogP contribution >= 0.6 is 0 Å². The number of hydrogen-bond acceptors (Lipinski definition) is 4. The van der Waals surface area contributed by atoms with Crippen molar-refractivity contribution in [1.82, 2.24) is 15.3 Å². The van der Waals surface area contributed by atoms with Gasteiger partial charge in [-0.1, -0.05) is 0 Å². The van der Waals surface area contributed by atoms with Crippen LogP contribution in [0.1, 0.15) is 19.0 Å². The highest BCUT2D eigenvalue weighted by Crippen LogP contribution is 2.21. The first-order valence-corrected chi connectivity index (χ1v) is 4.78. The van der Waals surface area contributed by atoms with E-state index >= 15 is 0 Å². The maximum Gasteiger partial charge on any atom is 0.282 e. The highest BCUT2D eigenvalue weighted by atomic mass is 19.3. The van der Waals surface area contributed by atoms with Crippen molar-refractivity contribution in [2.75, 3.05) is 13.7 Å². The van der Waals surface area contributed by atoms with Gasteiger partial charge in [0.2, 0.25) is 5.88 Å². The smallest absolute Gasteiger partial charge is 0.282 e. The van der Waals surface area contributed by atoms with Crippen LogP contribution < -0.4 is 10.2 Å².